The number of hydrogen-bond acceptors (Lipinski definition) is 2. The molecular weight excluding hydrogens is 417 g/mol. The number of methoxy groups -OCH3 is 1. The summed E-state index contributed by atoms with van der Waals surface area (Å²) in [6.45, 7) is 3.24. The number of H-pyrrole nitrogens is 1. The first kappa shape index (κ1) is 22.2. The summed E-state index contributed by atoms with van der Waals surface area (Å²) in [5.41, 5.74) is 2.40. The van der Waals surface area contributed by atoms with Gasteiger partial charge in [0.25, 0.3) is 0 Å². The molecule has 1 aromatic heterocycles. The van der Waals surface area contributed by atoms with E-state index in [0.29, 0.717) is 25.4 Å². The lowest BCUT2D eigenvalue weighted by molar-refractivity contribution is -0.137. The molecule has 3 aromatic rings. The predicted molar refractivity (Wildman–Crippen MR) is 118 cm³/mol. The van der Waals surface area contributed by atoms with Gasteiger partial charge in [0.15, 0.2) is 0 Å². The second kappa shape index (κ2) is 8.88. The van der Waals surface area contributed by atoms with Crippen molar-refractivity contribution in [2.24, 2.45) is 0 Å². The van der Waals surface area contributed by atoms with E-state index in [4.69, 9.17) is 4.74 Å². The number of piperidine rings is 1. The zero-order chi connectivity index (χ0) is 22.9. The predicted octanol–water partition coefficient (Wildman–Crippen LogP) is 6.10. The van der Waals surface area contributed by atoms with Crippen LogP contribution in [0.1, 0.15) is 54.7 Å². The number of aromatic nitrogens is 1. The van der Waals surface area contributed by atoms with E-state index in [1.54, 1.807) is 7.11 Å². The topological polar surface area (TPSA) is 45.3 Å². The Morgan fingerprint density at radius 1 is 1.16 bits per heavy atom. The standard InChI is InChI=1S/C25H27F3N2O2/c1-16(17-3-5-19(6-4-17)25(26,27)28)13-24(31)30-11-9-18(10-12-30)22-15-29-23-8-7-20(32-2)14-21(22)23/h3-8,14-16,18,29H,9-13H2,1-2H3. The number of nitrogens with one attached hydrogen (secondary N) is 1. The van der Waals surface area contributed by atoms with Crippen LogP contribution in [0.4, 0.5) is 13.2 Å². The summed E-state index contributed by atoms with van der Waals surface area (Å²) in [6.07, 6.45) is -0.244. The van der Waals surface area contributed by atoms with Gasteiger partial charge in [-0.1, -0.05) is 19.1 Å². The number of amides is 1. The van der Waals surface area contributed by atoms with Crippen LogP contribution in [-0.4, -0.2) is 36.0 Å². The van der Waals surface area contributed by atoms with Crippen molar-refractivity contribution in [1.82, 2.24) is 9.88 Å². The van der Waals surface area contributed by atoms with E-state index in [9.17, 15) is 18.0 Å². The van der Waals surface area contributed by atoms with Gasteiger partial charge in [-0.25, -0.2) is 0 Å². The van der Waals surface area contributed by atoms with Gasteiger partial charge in [0, 0.05) is 36.6 Å². The van der Waals surface area contributed by atoms with Crippen molar-refractivity contribution in [3.63, 3.8) is 0 Å². The molecule has 1 aliphatic heterocycles. The number of carbonyl (C=O) groups excluding carboxylic acids is 1. The van der Waals surface area contributed by atoms with Gasteiger partial charge in [0.05, 0.1) is 12.7 Å². The highest BCUT2D eigenvalue weighted by Gasteiger charge is 2.30. The van der Waals surface area contributed by atoms with E-state index in [2.05, 4.69) is 11.2 Å². The number of ether oxygens (including phenoxy) is 1. The fraction of sp³-hybridized carbons (Fsp3) is 0.400. The number of hydrogen-bond donors (Lipinski definition) is 1. The van der Waals surface area contributed by atoms with Crippen molar-refractivity contribution < 1.29 is 22.7 Å². The average molecular weight is 444 g/mol. The number of rotatable bonds is 5. The summed E-state index contributed by atoms with van der Waals surface area (Å²) < 4.78 is 43.6. The van der Waals surface area contributed by atoms with Crippen LogP contribution in [0.2, 0.25) is 0 Å². The summed E-state index contributed by atoms with van der Waals surface area (Å²) in [5, 5.41) is 1.16. The molecule has 1 fully saturated rings. The molecular formula is C25H27F3N2O2. The Morgan fingerprint density at radius 3 is 2.47 bits per heavy atom. The van der Waals surface area contributed by atoms with Crippen LogP contribution < -0.4 is 4.74 Å². The number of nitrogens with zero attached hydrogens (tertiary/aromatic N) is 1. The van der Waals surface area contributed by atoms with E-state index >= 15 is 0 Å². The summed E-state index contributed by atoms with van der Waals surface area (Å²) in [5.74, 6) is 1.11. The SMILES string of the molecule is COc1ccc2[nH]cc(C3CCN(C(=O)CC(C)c4ccc(C(F)(F)F)cc4)CC3)c2c1. The molecule has 0 bridgehead atoms. The molecule has 1 aliphatic rings. The first-order valence-corrected chi connectivity index (χ1v) is 10.9. The Morgan fingerprint density at radius 2 is 1.84 bits per heavy atom. The monoisotopic (exact) mass is 444 g/mol. The van der Waals surface area contributed by atoms with E-state index in [1.165, 1.54) is 17.7 Å². The molecule has 0 spiro atoms. The molecule has 0 aliphatic carbocycles. The van der Waals surface area contributed by atoms with E-state index in [0.717, 1.165) is 47.2 Å². The maximum Gasteiger partial charge on any atom is 0.416 e. The quantitative estimate of drug-likeness (QED) is 0.517. The van der Waals surface area contributed by atoms with Crippen molar-refractivity contribution in [2.45, 2.75) is 44.2 Å². The molecule has 4 rings (SSSR count). The Balaban J connectivity index is 1.35. The normalized spacial score (nSPS) is 16.3. The Hall–Kier alpha value is -2.96. The smallest absolute Gasteiger partial charge is 0.416 e. The zero-order valence-corrected chi connectivity index (χ0v) is 18.2. The molecule has 0 saturated carbocycles. The summed E-state index contributed by atoms with van der Waals surface area (Å²) in [7, 11) is 1.66. The molecule has 7 heteroatoms. The number of fused-ring (bicyclic) bond motifs is 1. The number of carbonyl (C=O) groups is 1. The van der Waals surface area contributed by atoms with Crippen molar-refractivity contribution >= 4 is 16.8 Å². The number of halogens is 3. The van der Waals surface area contributed by atoms with Crippen molar-refractivity contribution in [3.8, 4) is 5.75 Å². The third-order valence-corrected chi connectivity index (χ3v) is 6.50. The van der Waals surface area contributed by atoms with Gasteiger partial charge in [-0.3, -0.25) is 4.79 Å². The van der Waals surface area contributed by atoms with Crippen molar-refractivity contribution in [2.75, 3.05) is 20.2 Å². The lowest BCUT2D eigenvalue weighted by atomic mass is 9.88. The van der Waals surface area contributed by atoms with Gasteiger partial charge in [-0.05, 0) is 66.1 Å². The molecule has 1 N–H and O–H groups in total. The zero-order valence-electron chi connectivity index (χ0n) is 18.2. The van der Waals surface area contributed by atoms with Crippen LogP contribution in [0.3, 0.4) is 0 Å². The molecule has 32 heavy (non-hydrogen) atoms. The highest BCUT2D eigenvalue weighted by molar-refractivity contribution is 5.85. The van der Waals surface area contributed by atoms with Gasteiger partial charge in [0.2, 0.25) is 5.91 Å². The van der Waals surface area contributed by atoms with Gasteiger partial charge < -0.3 is 14.6 Å². The fourth-order valence-electron chi connectivity index (χ4n) is 4.54. The van der Waals surface area contributed by atoms with Gasteiger partial charge >= 0.3 is 6.18 Å². The summed E-state index contributed by atoms with van der Waals surface area (Å²) in [6, 6.07) is 11.1. The maximum absolute atomic E-state index is 12.8. The highest BCUT2D eigenvalue weighted by atomic mass is 19.4. The summed E-state index contributed by atoms with van der Waals surface area (Å²) >= 11 is 0. The van der Waals surface area contributed by atoms with Gasteiger partial charge in [-0.2, -0.15) is 13.2 Å². The third kappa shape index (κ3) is 4.61. The lowest BCUT2D eigenvalue weighted by Gasteiger charge is -2.32. The number of aromatic amines is 1. The molecule has 2 aromatic carbocycles. The average Bonchev–Trinajstić information content (AvgIpc) is 3.21. The Bertz CT molecular complexity index is 1080. The first-order valence-electron chi connectivity index (χ1n) is 10.9. The van der Waals surface area contributed by atoms with Crippen LogP contribution in [0.25, 0.3) is 10.9 Å². The minimum atomic E-state index is -4.35. The molecule has 1 saturated heterocycles. The molecule has 2 heterocycles. The summed E-state index contributed by atoms with van der Waals surface area (Å²) in [4.78, 5) is 18.0. The molecule has 1 atom stereocenters. The third-order valence-electron chi connectivity index (χ3n) is 6.50. The van der Waals surface area contributed by atoms with Crippen molar-refractivity contribution in [3.05, 3.63) is 65.4 Å². The molecule has 170 valence electrons. The van der Waals surface area contributed by atoms with E-state index < -0.39 is 11.7 Å². The second-order valence-corrected chi connectivity index (χ2v) is 8.54. The van der Waals surface area contributed by atoms with Crippen LogP contribution >= 0.6 is 0 Å². The Kier molecular flexibility index (Phi) is 6.17. The first-order chi connectivity index (χ1) is 15.3. The van der Waals surface area contributed by atoms with Crippen LogP contribution in [0.15, 0.2) is 48.7 Å². The van der Waals surface area contributed by atoms with Gasteiger partial charge in [0.1, 0.15) is 5.75 Å². The maximum atomic E-state index is 12.8. The number of alkyl halides is 3. The van der Waals surface area contributed by atoms with Crippen LogP contribution in [0, 0.1) is 0 Å². The lowest BCUT2D eigenvalue weighted by Crippen LogP contribution is -2.38. The van der Waals surface area contributed by atoms with Crippen LogP contribution in [0.5, 0.6) is 5.75 Å². The molecule has 4 nitrogen and oxygen atoms in total. The minimum absolute atomic E-state index is 0.0523. The minimum Gasteiger partial charge on any atom is -0.497 e. The number of likely N-dealkylation sites (tertiary alicyclic amines) is 1. The van der Waals surface area contributed by atoms with E-state index in [1.807, 2.05) is 30.0 Å². The second-order valence-electron chi connectivity index (χ2n) is 8.54. The Labute approximate surface area is 185 Å². The van der Waals surface area contributed by atoms with Crippen LogP contribution in [-0.2, 0) is 11.0 Å². The fourth-order valence-corrected chi connectivity index (χ4v) is 4.54. The highest BCUT2D eigenvalue weighted by Crippen LogP contribution is 2.35. The van der Waals surface area contributed by atoms with Crippen molar-refractivity contribution in [1.29, 1.82) is 0 Å². The van der Waals surface area contributed by atoms with E-state index in [-0.39, 0.29) is 11.8 Å². The largest absolute Gasteiger partial charge is 0.497 e. The molecule has 0 radical (unpaired) electrons. The molecule has 1 amide bonds. The molecule has 1 unspecified atom stereocenters. The number of benzene rings is 2. The van der Waals surface area contributed by atoms with Gasteiger partial charge in [-0.15, -0.1) is 0 Å².